The van der Waals surface area contributed by atoms with Gasteiger partial charge in [-0.2, -0.15) is 8.75 Å². The van der Waals surface area contributed by atoms with Crippen molar-refractivity contribution in [3.8, 4) is 64.8 Å². The maximum Gasteiger partial charge on any atom is 0.337 e. The smallest absolute Gasteiger partial charge is 0.337 e. The fourth-order valence-corrected chi connectivity index (χ4v) is 9.92. The number of esters is 1. The molecule has 11 heteroatoms. The highest BCUT2D eigenvalue weighted by molar-refractivity contribution is 7.19. The molecule has 1 N–H and O–H groups in total. The molecule has 0 aliphatic carbocycles. The van der Waals surface area contributed by atoms with Gasteiger partial charge in [-0.1, -0.05) is 36.4 Å². The Morgan fingerprint density at radius 1 is 0.518 bits per heavy atom. The molecule has 8 rings (SSSR count). The Labute approximate surface area is 335 Å². The number of aryl methyl sites for hydroxylation is 4. The Balaban J connectivity index is 1.41. The number of benzene rings is 5. The number of hydrogen-bond acceptors (Lipinski definition) is 10. The van der Waals surface area contributed by atoms with E-state index in [0.717, 1.165) is 31.2 Å². The molecule has 0 spiro atoms. The van der Waals surface area contributed by atoms with Gasteiger partial charge < -0.3 is 19.3 Å². The molecule has 0 bridgehead atoms. The number of aromatic carboxylic acids is 1. The molecule has 0 atom stereocenters. The number of carbonyl (C=O) groups excluding carboxylic acids is 1. The SMILES string of the molecule is COC(=O)c1ccc(Oc2c(Oc3ccc(C(=O)O)cc3)c(-c3ccc(-c4c(C)cccc4C)s3)c3nsnc3c2-c2ccc(-c3c(C)cccc3C)s2)cc1. The Bertz CT molecular complexity index is 2740. The minimum atomic E-state index is -1.04. The van der Waals surface area contributed by atoms with Gasteiger partial charge in [0, 0.05) is 19.5 Å². The highest BCUT2D eigenvalue weighted by Gasteiger charge is 2.30. The molecule has 0 unspecified atom stereocenters. The van der Waals surface area contributed by atoms with Gasteiger partial charge in [0.05, 0.1) is 41.1 Å². The fraction of sp³-hybridized carbons (Fsp3) is 0.111. The van der Waals surface area contributed by atoms with Crippen molar-refractivity contribution in [3.05, 3.63) is 143 Å². The Hall–Kier alpha value is -6.14. The van der Waals surface area contributed by atoms with Crippen LogP contribution in [0.5, 0.6) is 23.0 Å². The van der Waals surface area contributed by atoms with Crippen LogP contribution >= 0.6 is 34.4 Å². The van der Waals surface area contributed by atoms with E-state index in [4.69, 9.17) is 23.0 Å². The van der Waals surface area contributed by atoms with Crippen LogP contribution in [0.25, 0.3) is 52.8 Å². The Kier molecular flexibility index (Phi) is 9.98. The third-order valence-corrected chi connectivity index (χ3v) is 12.4. The molecule has 278 valence electrons. The van der Waals surface area contributed by atoms with Crippen molar-refractivity contribution >= 4 is 57.4 Å². The number of methoxy groups -OCH3 is 1. The first-order valence-corrected chi connectivity index (χ1v) is 20.0. The number of carboxylic acid groups (broad SMARTS) is 1. The van der Waals surface area contributed by atoms with Gasteiger partial charge in [-0.25, -0.2) is 9.59 Å². The Morgan fingerprint density at radius 3 is 1.27 bits per heavy atom. The number of carbonyl (C=O) groups is 2. The number of thiophene rings is 2. The van der Waals surface area contributed by atoms with Crippen molar-refractivity contribution < 1.29 is 28.9 Å². The van der Waals surface area contributed by atoms with E-state index in [0.29, 0.717) is 50.7 Å². The van der Waals surface area contributed by atoms with Crippen molar-refractivity contribution in [2.75, 3.05) is 7.11 Å². The number of aromatic nitrogens is 2. The lowest BCUT2D eigenvalue weighted by Crippen LogP contribution is -2.01. The average molecular weight is 795 g/mol. The molecule has 0 saturated heterocycles. The number of ether oxygens (including phenoxy) is 3. The van der Waals surface area contributed by atoms with Crippen LogP contribution in [0.1, 0.15) is 43.0 Å². The maximum atomic E-state index is 12.3. The monoisotopic (exact) mass is 794 g/mol. The molecular weight excluding hydrogens is 761 g/mol. The lowest BCUT2D eigenvalue weighted by atomic mass is 10.0. The number of fused-ring (bicyclic) bond motifs is 1. The van der Waals surface area contributed by atoms with E-state index in [1.807, 2.05) is 0 Å². The normalized spacial score (nSPS) is 11.2. The maximum absolute atomic E-state index is 12.3. The molecule has 8 nitrogen and oxygen atoms in total. The van der Waals surface area contributed by atoms with Crippen LogP contribution in [-0.4, -0.2) is 32.9 Å². The van der Waals surface area contributed by atoms with E-state index in [9.17, 15) is 14.7 Å². The summed E-state index contributed by atoms with van der Waals surface area (Å²) in [6, 6.07) is 33.9. The molecule has 0 amide bonds. The number of hydrogen-bond donors (Lipinski definition) is 1. The van der Waals surface area contributed by atoms with E-state index in [-0.39, 0.29) is 5.56 Å². The van der Waals surface area contributed by atoms with E-state index >= 15 is 0 Å². The zero-order valence-electron chi connectivity index (χ0n) is 31.0. The van der Waals surface area contributed by atoms with Crippen LogP contribution in [0.2, 0.25) is 0 Å². The molecule has 3 heterocycles. The summed E-state index contributed by atoms with van der Waals surface area (Å²) in [6.45, 7) is 8.45. The summed E-state index contributed by atoms with van der Waals surface area (Å²) in [5.41, 5.74) is 10.2. The third kappa shape index (κ3) is 6.85. The average Bonchev–Trinajstić information content (AvgIpc) is 3.98. The van der Waals surface area contributed by atoms with Crippen molar-refractivity contribution in [1.29, 1.82) is 0 Å². The topological polar surface area (TPSA) is 108 Å². The molecule has 0 fully saturated rings. The lowest BCUT2D eigenvalue weighted by molar-refractivity contribution is 0.0599. The van der Waals surface area contributed by atoms with Gasteiger partial charge in [-0.15, -0.1) is 22.7 Å². The second-order valence-electron chi connectivity index (χ2n) is 13.3. The van der Waals surface area contributed by atoms with Crippen molar-refractivity contribution in [3.63, 3.8) is 0 Å². The van der Waals surface area contributed by atoms with Crippen LogP contribution in [0, 0.1) is 27.7 Å². The minimum Gasteiger partial charge on any atom is -0.478 e. The molecule has 3 aromatic heterocycles. The van der Waals surface area contributed by atoms with Crippen LogP contribution < -0.4 is 9.47 Å². The highest BCUT2D eigenvalue weighted by atomic mass is 32.1. The predicted molar refractivity (Wildman–Crippen MR) is 225 cm³/mol. The second kappa shape index (κ2) is 15.2. The second-order valence-corrected chi connectivity index (χ2v) is 16.0. The van der Waals surface area contributed by atoms with E-state index in [1.165, 1.54) is 52.6 Å². The molecule has 0 radical (unpaired) electrons. The van der Waals surface area contributed by atoms with Gasteiger partial charge in [0.1, 0.15) is 22.5 Å². The minimum absolute atomic E-state index is 0.133. The van der Waals surface area contributed by atoms with Gasteiger partial charge in [-0.05, 0) is 134 Å². The molecule has 0 aliphatic rings. The summed E-state index contributed by atoms with van der Waals surface area (Å²) < 4.78 is 28.5. The van der Waals surface area contributed by atoms with Gasteiger partial charge in [0.2, 0.25) is 0 Å². The summed E-state index contributed by atoms with van der Waals surface area (Å²) in [4.78, 5) is 28.1. The molecule has 0 saturated carbocycles. The first-order chi connectivity index (χ1) is 27.1. The summed E-state index contributed by atoms with van der Waals surface area (Å²) in [6.07, 6.45) is 0. The van der Waals surface area contributed by atoms with Crippen LogP contribution in [0.4, 0.5) is 0 Å². The molecule has 5 aromatic carbocycles. The zero-order chi connectivity index (χ0) is 39.1. The zero-order valence-corrected chi connectivity index (χ0v) is 33.4. The van der Waals surface area contributed by atoms with Gasteiger partial charge in [0.15, 0.2) is 11.5 Å². The van der Waals surface area contributed by atoms with Crippen molar-refractivity contribution in [1.82, 2.24) is 8.75 Å². The van der Waals surface area contributed by atoms with E-state index in [1.54, 1.807) is 59.1 Å². The van der Waals surface area contributed by atoms with Gasteiger partial charge in [-0.3, -0.25) is 0 Å². The van der Waals surface area contributed by atoms with Gasteiger partial charge in [0.25, 0.3) is 0 Å². The molecule has 8 aromatic rings. The number of nitrogens with zero attached hydrogens (tertiary/aromatic N) is 2. The first-order valence-electron chi connectivity index (χ1n) is 17.6. The summed E-state index contributed by atoms with van der Waals surface area (Å²) in [7, 11) is 1.34. The van der Waals surface area contributed by atoms with Crippen LogP contribution in [0.3, 0.4) is 0 Å². The van der Waals surface area contributed by atoms with E-state index < -0.39 is 11.9 Å². The fourth-order valence-electron chi connectivity index (χ4n) is 6.91. The summed E-state index contributed by atoms with van der Waals surface area (Å²) in [5.74, 6) is 0.140. The molecular formula is C45H34N2O6S3. The number of rotatable bonds is 10. The standard InChI is InChI=1S/C45H34N2O6S3/c1-24-8-6-9-25(2)36(24)32-20-22-34(54-32)38-40-41(47-56-46-40)39(35-23-21-33(55-35)37-26(3)10-7-11-27(37)4)43(53-31-18-14-29(15-19-31)45(50)51-5)42(38)52-30-16-12-28(13-17-30)44(48)49/h6-23H,1-5H3,(H,48,49). The predicted octanol–water partition coefficient (Wildman–Crippen LogP) is 12.8. The van der Waals surface area contributed by atoms with Crippen LogP contribution in [-0.2, 0) is 4.74 Å². The Morgan fingerprint density at radius 2 is 0.893 bits per heavy atom. The lowest BCUT2D eigenvalue weighted by Gasteiger charge is -2.20. The molecule has 56 heavy (non-hydrogen) atoms. The third-order valence-electron chi connectivity index (χ3n) is 9.60. The van der Waals surface area contributed by atoms with E-state index in [2.05, 4.69) is 88.4 Å². The summed E-state index contributed by atoms with van der Waals surface area (Å²) >= 11 is 4.36. The highest BCUT2D eigenvalue weighted by Crippen LogP contribution is 2.56. The summed E-state index contributed by atoms with van der Waals surface area (Å²) in [5, 5.41) is 9.65. The van der Waals surface area contributed by atoms with Crippen molar-refractivity contribution in [2.24, 2.45) is 0 Å². The van der Waals surface area contributed by atoms with Crippen LogP contribution in [0.15, 0.2) is 109 Å². The largest absolute Gasteiger partial charge is 0.478 e. The van der Waals surface area contributed by atoms with Crippen molar-refractivity contribution in [2.45, 2.75) is 27.7 Å². The quantitative estimate of drug-likeness (QED) is 0.136. The number of carboxylic acids is 1. The van der Waals surface area contributed by atoms with Gasteiger partial charge >= 0.3 is 11.9 Å². The molecule has 0 aliphatic heterocycles. The first kappa shape index (κ1) is 36.8.